The van der Waals surface area contributed by atoms with E-state index >= 15 is 0 Å². The number of carbonyl (C=O) groups is 1. The van der Waals surface area contributed by atoms with Gasteiger partial charge in [0.2, 0.25) is 0 Å². The topological polar surface area (TPSA) is 57.5 Å². The minimum absolute atomic E-state index is 0.255. The third-order valence-electron chi connectivity index (χ3n) is 2.38. The first kappa shape index (κ1) is 11.8. The molecule has 1 heterocycles. The van der Waals surface area contributed by atoms with E-state index in [-0.39, 0.29) is 6.42 Å². The highest BCUT2D eigenvalue weighted by Gasteiger charge is 2.14. The Morgan fingerprint density at radius 3 is 2.53 bits per heavy atom. The van der Waals surface area contributed by atoms with Crippen LogP contribution in [0.2, 0.25) is 0 Å². The van der Waals surface area contributed by atoms with Gasteiger partial charge in [0.25, 0.3) is 0 Å². The highest BCUT2D eigenvalue weighted by molar-refractivity contribution is 7.15. The lowest BCUT2D eigenvalue weighted by Gasteiger charge is -2.03. The summed E-state index contributed by atoms with van der Waals surface area (Å²) in [4.78, 5) is 12.2. The summed E-state index contributed by atoms with van der Waals surface area (Å²) < 4.78 is 0. The number of aliphatic hydroxyl groups is 1. The number of benzene rings is 1. The molecule has 2 rings (SSSR count). The average molecular weight is 248 g/mol. The van der Waals surface area contributed by atoms with Crippen molar-refractivity contribution in [3.8, 4) is 10.4 Å². The van der Waals surface area contributed by atoms with Gasteiger partial charge in [0.1, 0.15) is 0 Å². The second kappa shape index (κ2) is 5.12. The largest absolute Gasteiger partial charge is 0.481 e. The van der Waals surface area contributed by atoms with Crippen LogP contribution in [0.25, 0.3) is 10.4 Å². The van der Waals surface area contributed by atoms with Gasteiger partial charge >= 0.3 is 5.97 Å². The zero-order valence-electron chi connectivity index (χ0n) is 9.04. The molecule has 0 amide bonds. The fraction of sp³-hybridized carbons (Fsp3) is 0.154. The molecule has 0 aliphatic heterocycles. The van der Waals surface area contributed by atoms with Crippen LogP contribution < -0.4 is 0 Å². The van der Waals surface area contributed by atoms with Gasteiger partial charge < -0.3 is 10.2 Å². The molecule has 4 heteroatoms. The van der Waals surface area contributed by atoms with Gasteiger partial charge in [-0.2, -0.15) is 0 Å². The summed E-state index contributed by atoms with van der Waals surface area (Å²) in [7, 11) is 0. The van der Waals surface area contributed by atoms with Gasteiger partial charge in [-0.3, -0.25) is 4.79 Å². The fourth-order valence-electron chi connectivity index (χ4n) is 1.56. The Balaban J connectivity index is 2.19. The lowest BCUT2D eigenvalue weighted by Crippen LogP contribution is -2.03. The van der Waals surface area contributed by atoms with Crippen LogP contribution in [0.1, 0.15) is 17.4 Å². The Labute approximate surface area is 103 Å². The minimum Gasteiger partial charge on any atom is -0.481 e. The van der Waals surface area contributed by atoms with Gasteiger partial charge in [0, 0.05) is 9.75 Å². The van der Waals surface area contributed by atoms with Gasteiger partial charge in [-0.05, 0) is 17.7 Å². The highest BCUT2D eigenvalue weighted by Crippen LogP contribution is 2.32. The second-order valence-electron chi connectivity index (χ2n) is 3.68. The average Bonchev–Trinajstić information content (AvgIpc) is 2.78. The van der Waals surface area contributed by atoms with E-state index in [9.17, 15) is 9.90 Å². The predicted molar refractivity (Wildman–Crippen MR) is 67.0 cm³/mol. The molecule has 0 fully saturated rings. The Bertz CT molecular complexity index is 504. The van der Waals surface area contributed by atoms with E-state index in [1.807, 2.05) is 36.4 Å². The molecule has 1 aromatic carbocycles. The van der Waals surface area contributed by atoms with Gasteiger partial charge in [-0.1, -0.05) is 30.3 Å². The molecule has 0 bridgehead atoms. The Kier molecular flexibility index (Phi) is 3.56. The first-order valence-electron chi connectivity index (χ1n) is 5.22. The van der Waals surface area contributed by atoms with Crippen LogP contribution in [0, 0.1) is 0 Å². The lowest BCUT2D eigenvalue weighted by atomic mass is 10.2. The van der Waals surface area contributed by atoms with E-state index < -0.39 is 12.1 Å². The summed E-state index contributed by atoms with van der Waals surface area (Å²) in [5.74, 6) is -0.993. The maximum Gasteiger partial charge on any atom is 0.306 e. The summed E-state index contributed by atoms with van der Waals surface area (Å²) >= 11 is 1.42. The predicted octanol–water partition coefficient (Wildman–Crippen LogP) is 2.92. The van der Waals surface area contributed by atoms with Gasteiger partial charge in [-0.25, -0.2) is 0 Å². The summed E-state index contributed by atoms with van der Waals surface area (Å²) in [6.45, 7) is 0. The zero-order chi connectivity index (χ0) is 12.3. The lowest BCUT2D eigenvalue weighted by molar-refractivity contribution is -0.139. The van der Waals surface area contributed by atoms with Crippen LogP contribution in [0.5, 0.6) is 0 Å². The molecule has 3 nitrogen and oxygen atoms in total. The van der Waals surface area contributed by atoms with Crippen LogP contribution in [-0.4, -0.2) is 16.2 Å². The molecule has 2 N–H and O–H groups in total. The van der Waals surface area contributed by atoms with Crippen LogP contribution in [0.15, 0.2) is 42.5 Å². The van der Waals surface area contributed by atoms with E-state index in [0.29, 0.717) is 4.88 Å². The quantitative estimate of drug-likeness (QED) is 0.874. The standard InChI is InChI=1S/C13H12O3S/c14-10(8-13(15)16)12-7-6-11(17-12)9-4-2-1-3-5-9/h1-7,10,14H,8H2,(H,15,16)/t10-/m0/s1. The number of thiophene rings is 1. The molecular formula is C13H12O3S. The molecule has 0 unspecified atom stereocenters. The Morgan fingerprint density at radius 1 is 1.18 bits per heavy atom. The first-order valence-corrected chi connectivity index (χ1v) is 6.03. The van der Waals surface area contributed by atoms with Gasteiger partial charge in [-0.15, -0.1) is 11.3 Å². The van der Waals surface area contributed by atoms with Crippen molar-refractivity contribution in [3.05, 3.63) is 47.3 Å². The molecule has 0 aliphatic carbocycles. The van der Waals surface area contributed by atoms with Crippen molar-refractivity contribution in [2.24, 2.45) is 0 Å². The van der Waals surface area contributed by atoms with Crippen molar-refractivity contribution in [2.45, 2.75) is 12.5 Å². The van der Waals surface area contributed by atoms with Gasteiger partial charge in [0.15, 0.2) is 0 Å². The molecule has 1 atom stereocenters. The highest BCUT2D eigenvalue weighted by atomic mass is 32.1. The summed E-state index contributed by atoms with van der Waals surface area (Å²) in [6.07, 6.45) is -1.18. The Hall–Kier alpha value is -1.65. The third kappa shape index (κ3) is 2.93. The smallest absolute Gasteiger partial charge is 0.306 e. The molecule has 17 heavy (non-hydrogen) atoms. The number of carboxylic acid groups (broad SMARTS) is 1. The zero-order valence-corrected chi connectivity index (χ0v) is 9.85. The van der Waals surface area contributed by atoms with Crippen LogP contribution in [0.3, 0.4) is 0 Å². The fourth-order valence-corrected chi connectivity index (χ4v) is 2.55. The number of hydrogen-bond donors (Lipinski definition) is 2. The molecular weight excluding hydrogens is 236 g/mol. The van der Waals surface area contributed by atoms with E-state index in [0.717, 1.165) is 10.4 Å². The summed E-state index contributed by atoms with van der Waals surface area (Å²) in [5.41, 5.74) is 1.08. The SMILES string of the molecule is O=C(O)C[C@H](O)c1ccc(-c2ccccc2)s1. The number of hydrogen-bond acceptors (Lipinski definition) is 3. The second-order valence-corrected chi connectivity index (χ2v) is 4.80. The van der Waals surface area contributed by atoms with E-state index in [1.54, 1.807) is 6.07 Å². The summed E-state index contributed by atoms with van der Waals surface area (Å²) in [6, 6.07) is 13.5. The van der Waals surface area contributed by atoms with Crippen LogP contribution in [0.4, 0.5) is 0 Å². The molecule has 2 aromatic rings. The number of carboxylic acids is 1. The molecule has 0 saturated heterocycles. The number of rotatable bonds is 4. The normalized spacial score (nSPS) is 12.3. The maximum absolute atomic E-state index is 10.5. The van der Waals surface area contributed by atoms with E-state index in [1.165, 1.54) is 11.3 Å². The van der Waals surface area contributed by atoms with E-state index in [4.69, 9.17) is 5.11 Å². The summed E-state index contributed by atoms with van der Waals surface area (Å²) in [5, 5.41) is 18.3. The molecule has 1 aromatic heterocycles. The van der Waals surface area contributed by atoms with Crippen molar-refractivity contribution >= 4 is 17.3 Å². The monoisotopic (exact) mass is 248 g/mol. The van der Waals surface area contributed by atoms with Gasteiger partial charge in [0.05, 0.1) is 12.5 Å². The van der Waals surface area contributed by atoms with Crippen molar-refractivity contribution < 1.29 is 15.0 Å². The molecule has 0 radical (unpaired) electrons. The van der Waals surface area contributed by atoms with Crippen LogP contribution in [-0.2, 0) is 4.79 Å². The maximum atomic E-state index is 10.5. The minimum atomic E-state index is -0.993. The molecule has 0 spiro atoms. The first-order chi connectivity index (χ1) is 8.16. The third-order valence-corrected chi connectivity index (χ3v) is 3.62. The van der Waals surface area contributed by atoms with Crippen LogP contribution >= 0.6 is 11.3 Å². The number of aliphatic carboxylic acids is 1. The van der Waals surface area contributed by atoms with Crippen molar-refractivity contribution in [2.75, 3.05) is 0 Å². The van der Waals surface area contributed by atoms with Crippen molar-refractivity contribution in [1.29, 1.82) is 0 Å². The molecule has 0 aliphatic rings. The van der Waals surface area contributed by atoms with Crippen molar-refractivity contribution in [3.63, 3.8) is 0 Å². The van der Waals surface area contributed by atoms with E-state index in [2.05, 4.69) is 0 Å². The molecule has 0 saturated carbocycles. The number of aliphatic hydroxyl groups excluding tert-OH is 1. The Morgan fingerprint density at radius 2 is 1.88 bits per heavy atom. The van der Waals surface area contributed by atoms with Crippen molar-refractivity contribution in [1.82, 2.24) is 0 Å². The molecule has 88 valence electrons.